The number of hydrogen-bond acceptors (Lipinski definition) is 3. The molecule has 3 heteroatoms. The van der Waals surface area contributed by atoms with Gasteiger partial charge in [0.2, 0.25) is 0 Å². The van der Waals surface area contributed by atoms with Crippen molar-refractivity contribution in [2.24, 2.45) is 5.41 Å². The molecule has 0 amide bonds. The summed E-state index contributed by atoms with van der Waals surface area (Å²) in [4.78, 5) is 5.79. The largest absolute Gasteiger partial charge is 0.315 e. The molecular weight excluding hydrogens is 240 g/mol. The van der Waals surface area contributed by atoms with Crippen LogP contribution in [0.3, 0.4) is 0 Å². The van der Waals surface area contributed by atoms with E-state index in [-0.39, 0.29) is 0 Å². The summed E-state index contributed by atoms with van der Waals surface area (Å²) in [5.74, 6) is 0. The van der Waals surface area contributed by atoms with E-state index >= 15 is 0 Å². The first kappa shape index (κ1) is 11.9. The molecule has 94 valence electrons. The predicted octanol–water partition coefficient (Wildman–Crippen LogP) is 2.83. The molecule has 0 radical (unpaired) electrons. The molecule has 2 nitrogen and oxygen atoms in total. The summed E-state index contributed by atoms with van der Waals surface area (Å²) in [7, 11) is 0. The molecule has 0 saturated carbocycles. The number of nitrogens with zero attached hydrogens (tertiary/aromatic N) is 1. The SMILES string of the molecule is Cc1ncc(CC2(Cc3ccccc3)CNC2)s1. The fourth-order valence-electron chi connectivity index (χ4n) is 2.68. The maximum atomic E-state index is 4.36. The number of nitrogens with one attached hydrogen (secondary N) is 1. The third kappa shape index (κ3) is 2.47. The van der Waals surface area contributed by atoms with Crippen molar-refractivity contribution >= 4 is 11.3 Å². The maximum Gasteiger partial charge on any atom is 0.0896 e. The van der Waals surface area contributed by atoms with Crippen LogP contribution in [0.1, 0.15) is 15.4 Å². The zero-order chi connectivity index (χ0) is 12.4. The van der Waals surface area contributed by atoms with Crippen molar-refractivity contribution in [3.63, 3.8) is 0 Å². The van der Waals surface area contributed by atoms with Gasteiger partial charge in [0.15, 0.2) is 0 Å². The van der Waals surface area contributed by atoms with Crippen molar-refractivity contribution < 1.29 is 0 Å². The highest BCUT2D eigenvalue weighted by atomic mass is 32.1. The van der Waals surface area contributed by atoms with Crippen LogP contribution in [-0.2, 0) is 12.8 Å². The Morgan fingerprint density at radius 3 is 2.56 bits per heavy atom. The minimum Gasteiger partial charge on any atom is -0.315 e. The second-order valence-corrected chi connectivity index (χ2v) is 6.61. The summed E-state index contributed by atoms with van der Waals surface area (Å²) in [6, 6.07) is 10.8. The molecule has 0 atom stereocenters. The Balaban J connectivity index is 1.74. The average molecular weight is 258 g/mol. The molecule has 0 bridgehead atoms. The quantitative estimate of drug-likeness (QED) is 0.912. The van der Waals surface area contributed by atoms with Gasteiger partial charge in [0.05, 0.1) is 5.01 Å². The van der Waals surface area contributed by atoms with Gasteiger partial charge in [0, 0.05) is 29.6 Å². The van der Waals surface area contributed by atoms with E-state index in [1.807, 2.05) is 17.5 Å². The van der Waals surface area contributed by atoms with E-state index in [1.54, 1.807) is 0 Å². The molecular formula is C15H18N2S. The van der Waals surface area contributed by atoms with Crippen LogP contribution in [0.15, 0.2) is 36.5 Å². The number of thiazole rings is 1. The van der Waals surface area contributed by atoms with Crippen LogP contribution in [0.5, 0.6) is 0 Å². The molecule has 0 unspecified atom stereocenters. The first-order valence-electron chi connectivity index (χ1n) is 6.42. The lowest BCUT2D eigenvalue weighted by Crippen LogP contribution is -2.55. The summed E-state index contributed by atoms with van der Waals surface area (Å²) in [6.07, 6.45) is 4.36. The molecule has 0 spiro atoms. The lowest BCUT2D eigenvalue weighted by molar-refractivity contribution is 0.168. The van der Waals surface area contributed by atoms with Crippen LogP contribution in [0.25, 0.3) is 0 Å². The third-order valence-electron chi connectivity index (χ3n) is 3.64. The van der Waals surface area contributed by atoms with Crippen LogP contribution in [-0.4, -0.2) is 18.1 Å². The van der Waals surface area contributed by atoms with Crippen LogP contribution >= 0.6 is 11.3 Å². The van der Waals surface area contributed by atoms with Gasteiger partial charge in [-0.25, -0.2) is 4.98 Å². The number of aromatic nitrogens is 1. The molecule has 0 aliphatic carbocycles. The van der Waals surface area contributed by atoms with Crippen molar-refractivity contribution in [3.8, 4) is 0 Å². The Kier molecular flexibility index (Phi) is 3.18. The smallest absolute Gasteiger partial charge is 0.0896 e. The molecule has 18 heavy (non-hydrogen) atoms. The monoisotopic (exact) mass is 258 g/mol. The fourth-order valence-corrected chi connectivity index (χ4v) is 3.65. The van der Waals surface area contributed by atoms with Crippen molar-refractivity contribution in [1.29, 1.82) is 0 Å². The Hall–Kier alpha value is -1.19. The normalized spacial score (nSPS) is 17.4. The highest BCUT2D eigenvalue weighted by Gasteiger charge is 2.37. The molecule has 1 aromatic carbocycles. The van der Waals surface area contributed by atoms with Gasteiger partial charge in [-0.3, -0.25) is 0 Å². The zero-order valence-electron chi connectivity index (χ0n) is 10.6. The Morgan fingerprint density at radius 2 is 2.00 bits per heavy atom. The Bertz CT molecular complexity index is 514. The van der Waals surface area contributed by atoms with E-state index in [0.29, 0.717) is 5.41 Å². The van der Waals surface area contributed by atoms with Gasteiger partial charge in [-0.15, -0.1) is 11.3 Å². The summed E-state index contributed by atoms with van der Waals surface area (Å²) in [5, 5.41) is 4.61. The van der Waals surface area contributed by atoms with E-state index in [9.17, 15) is 0 Å². The topological polar surface area (TPSA) is 24.9 Å². The van der Waals surface area contributed by atoms with Gasteiger partial charge in [0.1, 0.15) is 0 Å². The molecule has 3 rings (SSSR count). The molecule has 1 N–H and O–H groups in total. The molecule has 1 saturated heterocycles. The number of benzene rings is 1. The number of hydrogen-bond donors (Lipinski definition) is 1. The Labute approximate surface area is 112 Å². The van der Waals surface area contributed by atoms with Crippen molar-refractivity contribution in [3.05, 3.63) is 52.0 Å². The van der Waals surface area contributed by atoms with E-state index in [1.165, 1.54) is 15.4 Å². The van der Waals surface area contributed by atoms with Gasteiger partial charge in [-0.05, 0) is 25.3 Å². The average Bonchev–Trinajstić information content (AvgIpc) is 2.73. The minimum atomic E-state index is 0.403. The van der Waals surface area contributed by atoms with Crippen molar-refractivity contribution in [2.75, 3.05) is 13.1 Å². The molecule has 2 aromatic rings. The zero-order valence-corrected chi connectivity index (χ0v) is 11.5. The fraction of sp³-hybridized carbons (Fsp3) is 0.400. The van der Waals surface area contributed by atoms with Crippen LogP contribution in [0, 0.1) is 12.3 Å². The summed E-state index contributed by atoms with van der Waals surface area (Å²) >= 11 is 1.84. The lowest BCUT2D eigenvalue weighted by atomic mass is 9.73. The van der Waals surface area contributed by atoms with Gasteiger partial charge in [-0.2, -0.15) is 0 Å². The van der Waals surface area contributed by atoms with Crippen LogP contribution in [0.2, 0.25) is 0 Å². The molecule has 1 fully saturated rings. The van der Waals surface area contributed by atoms with E-state index in [0.717, 1.165) is 25.9 Å². The van der Waals surface area contributed by atoms with Gasteiger partial charge in [-0.1, -0.05) is 30.3 Å². The second kappa shape index (κ2) is 4.82. The highest BCUT2D eigenvalue weighted by Crippen LogP contribution is 2.33. The Morgan fingerprint density at radius 1 is 1.22 bits per heavy atom. The molecule has 1 aromatic heterocycles. The van der Waals surface area contributed by atoms with Crippen molar-refractivity contribution in [1.82, 2.24) is 10.3 Å². The van der Waals surface area contributed by atoms with Crippen LogP contribution < -0.4 is 5.32 Å². The second-order valence-electron chi connectivity index (χ2n) is 5.29. The van der Waals surface area contributed by atoms with E-state index in [2.05, 4.69) is 47.6 Å². The molecule has 1 aliphatic heterocycles. The maximum absolute atomic E-state index is 4.36. The predicted molar refractivity (Wildman–Crippen MR) is 76.0 cm³/mol. The number of aryl methyl sites for hydroxylation is 1. The van der Waals surface area contributed by atoms with Crippen LogP contribution in [0.4, 0.5) is 0 Å². The lowest BCUT2D eigenvalue weighted by Gasteiger charge is -2.43. The van der Waals surface area contributed by atoms with E-state index < -0.39 is 0 Å². The third-order valence-corrected chi connectivity index (χ3v) is 4.55. The van der Waals surface area contributed by atoms with E-state index in [4.69, 9.17) is 0 Å². The van der Waals surface area contributed by atoms with Gasteiger partial charge in [0.25, 0.3) is 0 Å². The highest BCUT2D eigenvalue weighted by molar-refractivity contribution is 7.11. The molecule has 1 aliphatic rings. The van der Waals surface area contributed by atoms with Gasteiger partial charge < -0.3 is 5.32 Å². The summed E-state index contributed by atoms with van der Waals surface area (Å²) < 4.78 is 0. The van der Waals surface area contributed by atoms with Gasteiger partial charge >= 0.3 is 0 Å². The standard InChI is InChI=1S/C15H18N2S/c1-12-17-9-14(18-12)8-15(10-16-11-15)7-13-5-3-2-4-6-13/h2-6,9,16H,7-8,10-11H2,1H3. The molecule has 2 heterocycles. The number of rotatable bonds is 4. The first-order chi connectivity index (χ1) is 8.76. The summed E-state index contributed by atoms with van der Waals surface area (Å²) in [6.45, 7) is 4.33. The van der Waals surface area contributed by atoms with Crippen molar-refractivity contribution in [2.45, 2.75) is 19.8 Å². The first-order valence-corrected chi connectivity index (χ1v) is 7.23. The minimum absolute atomic E-state index is 0.403. The summed E-state index contributed by atoms with van der Waals surface area (Å²) in [5.41, 5.74) is 1.85.